The summed E-state index contributed by atoms with van der Waals surface area (Å²) in [6.07, 6.45) is 1.19. The van der Waals surface area contributed by atoms with Gasteiger partial charge in [-0.15, -0.1) is 0 Å². The van der Waals surface area contributed by atoms with Gasteiger partial charge in [0, 0.05) is 12.2 Å². The smallest absolute Gasteiger partial charge is 0.306 e. The molecule has 0 aromatic heterocycles. The van der Waals surface area contributed by atoms with Crippen LogP contribution in [0.2, 0.25) is 0 Å². The second-order valence-electron chi connectivity index (χ2n) is 3.99. The molecule has 0 aliphatic carbocycles. The monoisotopic (exact) mass is 222 g/mol. The van der Waals surface area contributed by atoms with Gasteiger partial charge in [0.05, 0.1) is 6.67 Å². The van der Waals surface area contributed by atoms with Crippen molar-refractivity contribution < 1.29 is 13.9 Å². The van der Waals surface area contributed by atoms with Crippen molar-refractivity contribution in [2.24, 2.45) is 0 Å². The lowest BCUT2D eigenvalue weighted by molar-refractivity contribution is -0.154. The summed E-state index contributed by atoms with van der Waals surface area (Å²) in [6.45, 7) is 5.26. The number of carbonyl (C=O) groups is 1. The summed E-state index contributed by atoms with van der Waals surface area (Å²) in [5.74, 6) is 1.18. The van der Waals surface area contributed by atoms with E-state index in [4.69, 9.17) is 4.74 Å². The van der Waals surface area contributed by atoms with Crippen molar-refractivity contribution in [3.05, 3.63) is 0 Å². The minimum Gasteiger partial charge on any atom is -0.460 e. The van der Waals surface area contributed by atoms with E-state index in [1.165, 1.54) is 11.8 Å². The molecule has 0 unspecified atom stereocenters. The third kappa shape index (κ3) is 9.84. The second-order valence-corrected chi connectivity index (χ2v) is 5.22. The lowest BCUT2D eigenvalue weighted by Crippen LogP contribution is -2.23. The highest BCUT2D eigenvalue weighted by molar-refractivity contribution is 7.99. The first kappa shape index (κ1) is 13.8. The van der Waals surface area contributed by atoms with Gasteiger partial charge in [0.2, 0.25) is 0 Å². The minimum absolute atomic E-state index is 0.168. The van der Waals surface area contributed by atoms with Gasteiger partial charge in [-0.2, -0.15) is 11.8 Å². The molecule has 0 fully saturated rings. The van der Waals surface area contributed by atoms with E-state index in [1.807, 2.05) is 20.8 Å². The van der Waals surface area contributed by atoms with Crippen LogP contribution in [-0.2, 0) is 9.53 Å². The molecule has 0 rings (SSSR count). The Balaban J connectivity index is 3.36. The molecular formula is C10H19FO2S. The van der Waals surface area contributed by atoms with Crippen molar-refractivity contribution in [1.82, 2.24) is 0 Å². The molecule has 0 N–H and O–H groups in total. The first-order valence-electron chi connectivity index (χ1n) is 4.81. The maximum absolute atomic E-state index is 11.7. The van der Waals surface area contributed by atoms with Crippen LogP contribution in [-0.4, -0.2) is 29.8 Å². The van der Waals surface area contributed by atoms with E-state index in [9.17, 15) is 9.18 Å². The van der Waals surface area contributed by atoms with E-state index in [-0.39, 0.29) is 12.6 Å². The number of alkyl halides is 1. The molecule has 0 saturated heterocycles. The summed E-state index contributed by atoms with van der Waals surface area (Å²) in [7, 11) is 0. The Kier molecular flexibility index (Phi) is 6.97. The minimum atomic E-state index is -0.400. The Hall–Kier alpha value is -0.250. The van der Waals surface area contributed by atoms with Crippen LogP contribution in [0, 0.1) is 0 Å². The Labute approximate surface area is 89.6 Å². The zero-order valence-electron chi connectivity index (χ0n) is 9.14. The Morgan fingerprint density at radius 1 is 1.36 bits per heavy atom. The summed E-state index contributed by atoms with van der Waals surface area (Å²) in [6, 6.07) is 0. The maximum Gasteiger partial charge on any atom is 0.306 e. The van der Waals surface area contributed by atoms with Crippen LogP contribution in [0.4, 0.5) is 4.39 Å². The third-order valence-electron chi connectivity index (χ3n) is 1.31. The van der Waals surface area contributed by atoms with E-state index in [1.54, 1.807) is 0 Å². The normalized spacial score (nSPS) is 11.4. The van der Waals surface area contributed by atoms with Gasteiger partial charge in [-0.05, 0) is 32.9 Å². The molecular weight excluding hydrogens is 203 g/mol. The molecule has 0 aromatic rings. The van der Waals surface area contributed by atoms with Crippen molar-refractivity contribution >= 4 is 17.7 Å². The summed E-state index contributed by atoms with van der Waals surface area (Å²) in [5, 5.41) is 0. The lowest BCUT2D eigenvalue weighted by Gasteiger charge is -2.19. The predicted molar refractivity (Wildman–Crippen MR) is 58.4 cm³/mol. The molecule has 0 atom stereocenters. The molecule has 0 saturated carbocycles. The number of halogens is 1. The Morgan fingerprint density at radius 3 is 2.50 bits per heavy atom. The molecule has 0 aromatic carbocycles. The van der Waals surface area contributed by atoms with Gasteiger partial charge in [0.15, 0.2) is 0 Å². The van der Waals surface area contributed by atoms with Crippen molar-refractivity contribution in [2.75, 3.05) is 18.2 Å². The van der Waals surface area contributed by atoms with Crippen LogP contribution in [0.25, 0.3) is 0 Å². The van der Waals surface area contributed by atoms with E-state index in [0.717, 1.165) is 12.2 Å². The van der Waals surface area contributed by atoms with Crippen molar-refractivity contribution in [3.8, 4) is 0 Å². The van der Waals surface area contributed by atoms with E-state index in [2.05, 4.69) is 0 Å². The van der Waals surface area contributed by atoms with E-state index >= 15 is 0 Å². The van der Waals surface area contributed by atoms with Crippen LogP contribution >= 0.6 is 11.8 Å². The summed E-state index contributed by atoms with van der Waals surface area (Å²) in [4.78, 5) is 11.2. The highest BCUT2D eigenvalue weighted by atomic mass is 32.2. The molecule has 4 heteroatoms. The van der Waals surface area contributed by atoms with E-state index < -0.39 is 5.60 Å². The van der Waals surface area contributed by atoms with E-state index in [0.29, 0.717) is 12.2 Å². The van der Waals surface area contributed by atoms with Crippen molar-refractivity contribution in [2.45, 2.75) is 39.2 Å². The standard InChI is InChI=1S/C10H19FO2S/c1-10(2,3)13-9(12)5-4-7-14-8-6-11/h4-8H2,1-3H3. The highest BCUT2D eigenvalue weighted by Gasteiger charge is 2.15. The second kappa shape index (κ2) is 7.10. The molecule has 0 spiro atoms. The van der Waals surface area contributed by atoms with Crippen LogP contribution in [0.5, 0.6) is 0 Å². The molecule has 0 bridgehead atoms. The lowest BCUT2D eigenvalue weighted by atomic mass is 10.2. The number of carbonyl (C=O) groups excluding carboxylic acids is 1. The number of hydrogen-bond donors (Lipinski definition) is 0. The fourth-order valence-electron chi connectivity index (χ4n) is 0.868. The van der Waals surface area contributed by atoms with Gasteiger partial charge < -0.3 is 4.74 Å². The Bertz CT molecular complexity index is 166. The molecule has 0 aliphatic rings. The number of esters is 1. The van der Waals surface area contributed by atoms with Crippen LogP contribution in [0.3, 0.4) is 0 Å². The molecule has 0 amide bonds. The molecule has 14 heavy (non-hydrogen) atoms. The quantitative estimate of drug-likeness (QED) is 0.510. The predicted octanol–water partition coefficient (Wildman–Crippen LogP) is 2.81. The van der Waals surface area contributed by atoms with Crippen molar-refractivity contribution in [1.29, 1.82) is 0 Å². The SMILES string of the molecule is CC(C)(C)OC(=O)CCCSCCF. The average molecular weight is 222 g/mol. The van der Waals surface area contributed by atoms with Gasteiger partial charge in [-0.25, -0.2) is 0 Å². The van der Waals surface area contributed by atoms with Gasteiger partial charge in [-0.1, -0.05) is 0 Å². The zero-order chi connectivity index (χ0) is 11.0. The fraction of sp³-hybridized carbons (Fsp3) is 0.900. The summed E-state index contributed by atoms with van der Waals surface area (Å²) in [5.41, 5.74) is -0.400. The van der Waals surface area contributed by atoms with Gasteiger partial charge in [-0.3, -0.25) is 9.18 Å². The third-order valence-corrected chi connectivity index (χ3v) is 2.33. The molecule has 0 aliphatic heterocycles. The summed E-state index contributed by atoms with van der Waals surface area (Å²) < 4.78 is 16.8. The first-order valence-corrected chi connectivity index (χ1v) is 5.97. The Morgan fingerprint density at radius 2 is 2.00 bits per heavy atom. The molecule has 2 nitrogen and oxygen atoms in total. The average Bonchev–Trinajstić information content (AvgIpc) is 2.00. The number of ether oxygens (including phenoxy) is 1. The van der Waals surface area contributed by atoms with Crippen molar-refractivity contribution in [3.63, 3.8) is 0 Å². The largest absolute Gasteiger partial charge is 0.460 e. The topological polar surface area (TPSA) is 26.3 Å². The fourth-order valence-corrected chi connectivity index (χ4v) is 1.53. The molecule has 84 valence electrons. The summed E-state index contributed by atoms with van der Waals surface area (Å²) >= 11 is 1.53. The molecule has 0 heterocycles. The molecule has 0 radical (unpaired) electrons. The van der Waals surface area contributed by atoms with Gasteiger partial charge in [0.1, 0.15) is 5.60 Å². The van der Waals surface area contributed by atoms with Gasteiger partial charge >= 0.3 is 5.97 Å². The highest BCUT2D eigenvalue weighted by Crippen LogP contribution is 2.10. The van der Waals surface area contributed by atoms with Crippen LogP contribution in [0.1, 0.15) is 33.6 Å². The zero-order valence-corrected chi connectivity index (χ0v) is 9.95. The number of hydrogen-bond acceptors (Lipinski definition) is 3. The number of rotatable bonds is 6. The van der Waals surface area contributed by atoms with Crippen LogP contribution < -0.4 is 0 Å². The first-order chi connectivity index (χ1) is 6.45. The van der Waals surface area contributed by atoms with Crippen LogP contribution in [0.15, 0.2) is 0 Å². The number of thioether (sulfide) groups is 1. The maximum atomic E-state index is 11.7. The van der Waals surface area contributed by atoms with Gasteiger partial charge in [0.25, 0.3) is 0 Å².